The topological polar surface area (TPSA) is 77.6 Å². The summed E-state index contributed by atoms with van der Waals surface area (Å²) in [5.74, 6) is 1.63. The second kappa shape index (κ2) is 6.96. The average Bonchev–Trinajstić information content (AvgIpc) is 3.39. The fourth-order valence-corrected chi connectivity index (χ4v) is 3.92. The number of ether oxygens (including phenoxy) is 2. The molecule has 1 atom stereocenters. The second-order valence-electron chi connectivity index (χ2n) is 7.32. The Morgan fingerprint density at radius 3 is 2.89 bits per heavy atom. The Hall–Kier alpha value is -2.84. The molecule has 0 saturated heterocycles. The molecule has 28 heavy (non-hydrogen) atoms. The zero-order chi connectivity index (χ0) is 19.1. The first kappa shape index (κ1) is 17.3. The molecule has 5 rings (SSSR count). The Bertz CT molecular complexity index is 996. The summed E-state index contributed by atoms with van der Waals surface area (Å²) in [4.78, 5) is 2.40. The van der Waals surface area contributed by atoms with Crippen LogP contribution in [0.1, 0.15) is 35.2 Å². The van der Waals surface area contributed by atoms with Crippen LogP contribution in [0.5, 0.6) is 11.5 Å². The third-order valence-electron chi connectivity index (χ3n) is 5.37. The molecule has 0 amide bonds. The van der Waals surface area contributed by atoms with Crippen LogP contribution >= 0.6 is 0 Å². The third-order valence-corrected chi connectivity index (χ3v) is 5.37. The van der Waals surface area contributed by atoms with Gasteiger partial charge in [0.15, 0.2) is 11.5 Å². The molecule has 0 saturated carbocycles. The van der Waals surface area contributed by atoms with Crippen molar-refractivity contribution in [2.75, 3.05) is 13.3 Å². The Morgan fingerprint density at radius 2 is 2.04 bits per heavy atom. The van der Waals surface area contributed by atoms with E-state index in [4.69, 9.17) is 9.47 Å². The molecule has 0 aliphatic carbocycles. The van der Waals surface area contributed by atoms with Crippen molar-refractivity contribution in [2.24, 2.45) is 7.05 Å². The largest absolute Gasteiger partial charge is 0.454 e. The van der Waals surface area contributed by atoms with E-state index in [0.29, 0.717) is 12.5 Å². The average molecular weight is 381 g/mol. The summed E-state index contributed by atoms with van der Waals surface area (Å²) >= 11 is 0. The summed E-state index contributed by atoms with van der Waals surface area (Å²) in [6, 6.07) is 9.95. The van der Waals surface area contributed by atoms with Gasteiger partial charge in [0.25, 0.3) is 0 Å². The summed E-state index contributed by atoms with van der Waals surface area (Å²) in [7, 11) is 1.83. The Balaban J connectivity index is 1.34. The lowest BCUT2D eigenvalue weighted by atomic mass is 10.1. The molecule has 146 valence electrons. The number of nitrogens with zero attached hydrogens (tertiary/aromatic N) is 5. The van der Waals surface area contributed by atoms with E-state index in [2.05, 4.69) is 27.2 Å². The predicted octanol–water partition coefficient (Wildman–Crippen LogP) is 1.83. The molecule has 0 spiro atoms. The quantitative estimate of drug-likeness (QED) is 0.743. The van der Waals surface area contributed by atoms with Crippen LogP contribution in [0.4, 0.5) is 0 Å². The van der Waals surface area contributed by atoms with Gasteiger partial charge in [0.1, 0.15) is 6.10 Å². The fourth-order valence-electron chi connectivity index (χ4n) is 3.92. The smallest absolute Gasteiger partial charge is 0.231 e. The second-order valence-corrected chi connectivity index (χ2v) is 7.32. The number of aryl methyl sites for hydroxylation is 2. The summed E-state index contributed by atoms with van der Waals surface area (Å²) in [6.45, 7) is 3.77. The molecule has 0 fully saturated rings. The Morgan fingerprint density at radius 1 is 1.14 bits per heavy atom. The fraction of sp³-hybridized carbons (Fsp3) is 0.400. The maximum Gasteiger partial charge on any atom is 0.231 e. The molecule has 2 aliphatic rings. The molecule has 2 aromatic heterocycles. The Kier molecular flexibility index (Phi) is 4.29. The lowest BCUT2D eigenvalue weighted by Crippen LogP contribution is -2.22. The molecule has 0 radical (unpaired) electrons. The van der Waals surface area contributed by atoms with Crippen molar-refractivity contribution in [1.82, 2.24) is 24.5 Å². The van der Waals surface area contributed by atoms with Crippen LogP contribution in [0.3, 0.4) is 0 Å². The van der Waals surface area contributed by atoms with E-state index in [0.717, 1.165) is 55.5 Å². The van der Waals surface area contributed by atoms with Gasteiger partial charge in [0.05, 0.1) is 17.1 Å². The van der Waals surface area contributed by atoms with E-state index < -0.39 is 6.10 Å². The van der Waals surface area contributed by atoms with Crippen LogP contribution in [0.25, 0.3) is 0 Å². The van der Waals surface area contributed by atoms with Crippen molar-refractivity contribution in [3.05, 3.63) is 59.2 Å². The maximum absolute atomic E-state index is 10.7. The first-order valence-electron chi connectivity index (χ1n) is 9.51. The molecule has 0 bridgehead atoms. The van der Waals surface area contributed by atoms with E-state index in [9.17, 15) is 5.11 Å². The predicted molar refractivity (Wildman–Crippen MR) is 101 cm³/mol. The molecule has 8 nitrogen and oxygen atoms in total. The van der Waals surface area contributed by atoms with Gasteiger partial charge in [-0.1, -0.05) is 6.07 Å². The highest BCUT2D eigenvalue weighted by Crippen LogP contribution is 2.33. The van der Waals surface area contributed by atoms with Gasteiger partial charge >= 0.3 is 0 Å². The highest BCUT2D eigenvalue weighted by molar-refractivity contribution is 5.44. The lowest BCUT2D eigenvalue weighted by Gasteiger charge is -2.19. The van der Waals surface area contributed by atoms with Crippen molar-refractivity contribution in [2.45, 2.75) is 32.2 Å². The summed E-state index contributed by atoms with van der Waals surface area (Å²) in [5.41, 5.74) is 3.73. The van der Waals surface area contributed by atoms with Crippen LogP contribution in [0.2, 0.25) is 0 Å². The molecule has 1 unspecified atom stereocenters. The molecule has 2 aliphatic heterocycles. The van der Waals surface area contributed by atoms with E-state index in [1.807, 2.05) is 29.9 Å². The van der Waals surface area contributed by atoms with Gasteiger partial charge in [0.2, 0.25) is 6.79 Å². The monoisotopic (exact) mass is 381 g/mol. The van der Waals surface area contributed by atoms with Crippen LogP contribution in [-0.4, -0.2) is 42.9 Å². The number of fused-ring (bicyclic) bond motifs is 2. The molecular weight excluding hydrogens is 358 g/mol. The number of hydrogen-bond acceptors (Lipinski definition) is 6. The van der Waals surface area contributed by atoms with Crippen LogP contribution < -0.4 is 9.47 Å². The van der Waals surface area contributed by atoms with E-state index in [1.165, 1.54) is 5.56 Å². The number of aliphatic hydroxyl groups is 1. The van der Waals surface area contributed by atoms with Gasteiger partial charge in [-0.25, -0.2) is 0 Å². The number of rotatable bonds is 4. The third kappa shape index (κ3) is 3.14. The van der Waals surface area contributed by atoms with Crippen molar-refractivity contribution in [3.63, 3.8) is 0 Å². The SMILES string of the molecule is Cn1nccc1C(O)c1cc2n(n1)CCCN(Cc1ccc3c(c1)OCO3)C2. The number of aromatic nitrogens is 4. The van der Waals surface area contributed by atoms with Gasteiger partial charge in [-0.05, 0) is 36.2 Å². The van der Waals surface area contributed by atoms with Crippen LogP contribution in [0.15, 0.2) is 36.5 Å². The number of hydrogen-bond donors (Lipinski definition) is 1. The normalized spacial score (nSPS) is 17.4. The highest BCUT2D eigenvalue weighted by Gasteiger charge is 2.23. The van der Waals surface area contributed by atoms with E-state index >= 15 is 0 Å². The Labute approximate surface area is 162 Å². The molecule has 4 heterocycles. The molecular formula is C20H23N5O3. The zero-order valence-corrected chi connectivity index (χ0v) is 15.8. The minimum Gasteiger partial charge on any atom is -0.454 e. The lowest BCUT2D eigenvalue weighted by molar-refractivity contribution is 0.174. The number of aliphatic hydroxyl groups excluding tert-OH is 1. The van der Waals surface area contributed by atoms with Gasteiger partial charge in [-0.15, -0.1) is 0 Å². The first-order valence-corrected chi connectivity index (χ1v) is 9.51. The van der Waals surface area contributed by atoms with Gasteiger partial charge in [-0.3, -0.25) is 14.3 Å². The van der Waals surface area contributed by atoms with Gasteiger partial charge < -0.3 is 14.6 Å². The molecule has 1 aromatic carbocycles. The van der Waals surface area contributed by atoms with Gasteiger partial charge in [0, 0.05) is 39.4 Å². The first-order chi connectivity index (χ1) is 13.7. The van der Waals surface area contributed by atoms with Gasteiger partial charge in [-0.2, -0.15) is 10.2 Å². The zero-order valence-electron chi connectivity index (χ0n) is 15.8. The summed E-state index contributed by atoms with van der Waals surface area (Å²) in [5, 5.41) is 19.5. The van der Waals surface area contributed by atoms with Crippen LogP contribution in [0, 0.1) is 0 Å². The minimum absolute atomic E-state index is 0.295. The van der Waals surface area contributed by atoms with Crippen molar-refractivity contribution >= 4 is 0 Å². The van der Waals surface area contributed by atoms with E-state index in [1.54, 1.807) is 10.9 Å². The molecule has 8 heteroatoms. The van der Waals surface area contributed by atoms with Crippen molar-refractivity contribution in [3.8, 4) is 11.5 Å². The standard InChI is InChI=1S/C20H23N5O3/c1-23-17(5-6-21-23)20(26)16-10-15-12-24(7-2-8-25(15)22-16)11-14-3-4-18-19(9-14)28-13-27-18/h3-6,9-10,20,26H,2,7-8,11-13H2,1H3. The van der Waals surface area contributed by atoms with Crippen molar-refractivity contribution in [1.29, 1.82) is 0 Å². The number of benzene rings is 1. The van der Waals surface area contributed by atoms with E-state index in [-0.39, 0.29) is 0 Å². The summed E-state index contributed by atoms with van der Waals surface area (Å²) in [6.07, 6.45) is 1.93. The summed E-state index contributed by atoms with van der Waals surface area (Å²) < 4.78 is 14.6. The maximum atomic E-state index is 10.7. The molecule has 3 aromatic rings. The minimum atomic E-state index is -0.769. The van der Waals surface area contributed by atoms with Crippen LogP contribution in [-0.2, 0) is 26.7 Å². The van der Waals surface area contributed by atoms with Crippen molar-refractivity contribution < 1.29 is 14.6 Å². The highest BCUT2D eigenvalue weighted by atomic mass is 16.7. The molecule has 1 N–H and O–H groups in total.